The van der Waals surface area contributed by atoms with Gasteiger partial charge in [-0.15, -0.1) is 0 Å². The Kier molecular flexibility index (Phi) is 3.33. The summed E-state index contributed by atoms with van der Waals surface area (Å²) in [6, 6.07) is 0. The molecule has 2 rings (SSSR count). The predicted molar refractivity (Wildman–Crippen MR) is 59.6 cm³/mol. The van der Waals surface area contributed by atoms with Crippen LogP contribution in [0.4, 0.5) is 5.82 Å². The molecule has 2 aromatic heterocycles. The predicted octanol–water partition coefficient (Wildman–Crippen LogP) is -0.248. The van der Waals surface area contributed by atoms with Crippen LogP contribution in [0.1, 0.15) is 5.82 Å². The van der Waals surface area contributed by atoms with Crippen molar-refractivity contribution < 1.29 is 10.0 Å². The molecule has 18 heavy (non-hydrogen) atoms. The molecular formula is C9H12N6O3. The molecule has 9 nitrogen and oxygen atoms in total. The third-order valence-electron chi connectivity index (χ3n) is 2.46. The first-order valence-electron chi connectivity index (χ1n) is 5.26. The average Bonchev–Trinajstić information content (AvgIpc) is 2.90. The van der Waals surface area contributed by atoms with Crippen molar-refractivity contribution in [3.8, 4) is 0 Å². The third kappa shape index (κ3) is 2.51. The van der Waals surface area contributed by atoms with Gasteiger partial charge < -0.3 is 15.2 Å². The fourth-order valence-electron chi connectivity index (χ4n) is 1.62. The van der Waals surface area contributed by atoms with Crippen LogP contribution in [0, 0.1) is 17.0 Å². The summed E-state index contributed by atoms with van der Waals surface area (Å²) in [5.74, 6) is 0.342. The van der Waals surface area contributed by atoms with Gasteiger partial charge in [0.25, 0.3) is 0 Å². The molecule has 1 N–H and O–H groups in total. The summed E-state index contributed by atoms with van der Waals surface area (Å²) in [5.41, 5.74) is 0. The molecule has 0 amide bonds. The van der Waals surface area contributed by atoms with Crippen molar-refractivity contribution in [1.82, 2.24) is 24.5 Å². The summed E-state index contributed by atoms with van der Waals surface area (Å²) in [6.45, 7) is 1.89. The summed E-state index contributed by atoms with van der Waals surface area (Å²) in [4.78, 5) is 15.4. The molecule has 0 aliphatic heterocycles. The lowest BCUT2D eigenvalue weighted by atomic mass is 10.3. The Balaban J connectivity index is 2.09. The topological polar surface area (TPSA) is 112 Å². The van der Waals surface area contributed by atoms with E-state index in [-0.39, 0.29) is 18.9 Å². The molecule has 2 aromatic rings. The molecule has 0 fully saturated rings. The zero-order valence-electron chi connectivity index (χ0n) is 9.67. The van der Waals surface area contributed by atoms with E-state index in [1.54, 1.807) is 6.92 Å². The van der Waals surface area contributed by atoms with Crippen LogP contribution in [-0.2, 0) is 13.1 Å². The van der Waals surface area contributed by atoms with Gasteiger partial charge in [0.05, 0.1) is 18.9 Å². The van der Waals surface area contributed by atoms with Crippen molar-refractivity contribution in [2.45, 2.75) is 26.1 Å². The second-order valence-electron chi connectivity index (χ2n) is 3.77. The Morgan fingerprint density at radius 3 is 2.72 bits per heavy atom. The average molecular weight is 252 g/mol. The molecule has 0 aromatic carbocycles. The normalized spacial score (nSPS) is 12.6. The highest BCUT2D eigenvalue weighted by Crippen LogP contribution is 2.14. The molecule has 2 heterocycles. The van der Waals surface area contributed by atoms with Crippen LogP contribution in [0.25, 0.3) is 0 Å². The Labute approximate surface area is 102 Å². The minimum absolute atomic E-state index is 0.0731. The Morgan fingerprint density at radius 2 is 2.11 bits per heavy atom. The van der Waals surface area contributed by atoms with E-state index in [2.05, 4.69) is 15.2 Å². The van der Waals surface area contributed by atoms with Gasteiger partial charge in [0, 0.05) is 6.92 Å². The number of hydrogen-bond donors (Lipinski definition) is 1. The third-order valence-corrected chi connectivity index (χ3v) is 2.46. The Hall–Kier alpha value is -2.29. The number of nitrogens with zero attached hydrogens (tertiary/aromatic N) is 6. The fraction of sp³-hybridized carbons (Fsp3) is 0.444. The maximum absolute atomic E-state index is 10.8. The maximum Gasteiger partial charge on any atom is 0.342 e. The van der Waals surface area contributed by atoms with Gasteiger partial charge in [-0.2, -0.15) is 15.0 Å². The highest BCUT2D eigenvalue weighted by molar-refractivity contribution is 5.18. The van der Waals surface area contributed by atoms with E-state index >= 15 is 0 Å². The van der Waals surface area contributed by atoms with Crippen LogP contribution in [0.2, 0.25) is 0 Å². The lowest BCUT2D eigenvalue weighted by molar-refractivity contribution is -0.392. The Morgan fingerprint density at radius 1 is 1.44 bits per heavy atom. The molecule has 0 aliphatic carbocycles. The van der Waals surface area contributed by atoms with E-state index in [0.29, 0.717) is 5.82 Å². The van der Waals surface area contributed by atoms with Crippen LogP contribution in [0.5, 0.6) is 0 Å². The first-order chi connectivity index (χ1) is 8.58. The molecule has 0 saturated carbocycles. The molecule has 1 unspecified atom stereocenters. The lowest BCUT2D eigenvalue weighted by Gasteiger charge is -2.09. The molecule has 96 valence electrons. The van der Waals surface area contributed by atoms with Gasteiger partial charge in [0.1, 0.15) is 18.8 Å². The Bertz CT molecular complexity index is 535. The molecule has 1 atom stereocenters. The van der Waals surface area contributed by atoms with Crippen molar-refractivity contribution in [2.75, 3.05) is 0 Å². The number of imidazole rings is 1. The minimum atomic E-state index is -0.830. The van der Waals surface area contributed by atoms with Crippen molar-refractivity contribution >= 4 is 5.82 Å². The number of aromatic nitrogens is 5. The van der Waals surface area contributed by atoms with Crippen LogP contribution in [-0.4, -0.2) is 40.7 Å². The fourth-order valence-corrected chi connectivity index (χ4v) is 1.62. The molecule has 0 radical (unpaired) electrons. The van der Waals surface area contributed by atoms with E-state index in [9.17, 15) is 15.2 Å². The summed E-state index contributed by atoms with van der Waals surface area (Å²) < 4.78 is 1.36. The first kappa shape index (κ1) is 12.2. The van der Waals surface area contributed by atoms with Crippen molar-refractivity contribution in [3.63, 3.8) is 0 Å². The van der Waals surface area contributed by atoms with Gasteiger partial charge in [-0.05, 0) is 4.92 Å². The minimum Gasteiger partial charge on any atom is -0.387 e. The van der Waals surface area contributed by atoms with Gasteiger partial charge in [-0.1, -0.05) is 0 Å². The number of aliphatic hydroxyl groups excluding tert-OH is 1. The number of nitro groups is 1. The largest absolute Gasteiger partial charge is 0.387 e. The second-order valence-corrected chi connectivity index (χ2v) is 3.77. The monoisotopic (exact) mass is 252 g/mol. The van der Waals surface area contributed by atoms with E-state index in [1.807, 2.05) is 0 Å². The molecule has 0 aliphatic rings. The molecule has 0 spiro atoms. The van der Waals surface area contributed by atoms with Crippen molar-refractivity contribution in [2.24, 2.45) is 0 Å². The summed E-state index contributed by atoms with van der Waals surface area (Å²) in [5, 5.41) is 28.3. The smallest absolute Gasteiger partial charge is 0.342 e. The van der Waals surface area contributed by atoms with Gasteiger partial charge in [-0.3, -0.25) is 0 Å². The second kappa shape index (κ2) is 4.92. The van der Waals surface area contributed by atoms with Crippen molar-refractivity contribution in [1.29, 1.82) is 0 Å². The lowest BCUT2D eigenvalue weighted by Crippen LogP contribution is -2.24. The zero-order valence-corrected chi connectivity index (χ0v) is 9.67. The number of aryl methyl sites for hydroxylation is 1. The summed E-state index contributed by atoms with van der Waals surface area (Å²) in [6.07, 6.45) is 3.34. The SMILES string of the molecule is Cc1ncc([N+](=O)[O-])n1CC(O)Cn1nccn1. The van der Waals surface area contributed by atoms with Crippen LogP contribution in [0.3, 0.4) is 0 Å². The summed E-state index contributed by atoms with van der Waals surface area (Å²) in [7, 11) is 0. The summed E-state index contributed by atoms with van der Waals surface area (Å²) >= 11 is 0. The van der Waals surface area contributed by atoms with Crippen LogP contribution < -0.4 is 0 Å². The maximum atomic E-state index is 10.8. The van der Waals surface area contributed by atoms with Gasteiger partial charge in [0.15, 0.2) is 5.82 Å². The van der Waals surface area contributed by atoms with E-state index in [4.69, 9.17) is 0 Å². The first-order valence-corrected chi connectivity index (χ1v) is 5.26. The number of hydrogen-bond acceptors (Lipinski definition) is 6. The highest BCUT2D eigenvalue weighted by atomic mass is 16.6. The zero-order chi connectivity index (χ0) is 13.1. The molecule has 9 heteroatoms. The van der Waals surface area contributed by atoms with Gasteiger partial charge >= 0.3 is 5.82 Å². The standard InChI is InChI=1S/C9H12N6O3/c1-7-10-4-9(15(17)18)13(7)5-8(16)6-14-11-2-3-12-14/h2-4,8,16H,5-6H2,1H3. The van der Waals surface area contributed by atoms with E-state index in [1.165, 1.54) is 28.0 Å². The quantitative estimate of drug-likeness (QED) is 0.580. The highest BCUT2D eigenvalue weighted by Gasteiger charge is 2.20. The number of aliphatic hydroxyl groups is 1. The van der Waals surface area contributed by atoms with Crippen molar-refractivity contribution in [3.05, 3.63) is 34.5 Å². The van der Waals surface area contributed by atoms with E-state index in [0.717, 1.165) is 0 Å². The van der Waals surface area contributed by atoms with Crippen LogP contribution in [0.15, 0.2) is 18.6 Å². The van der Waals surface area contributed by atoms with Crippen LogP contribution >= 0.6 is 0 Å². The molecular weight excluding hydrogens is 240 g/mol. The van der Waals surface area contributed by atoms with Gasteiger partial charge in [0.2, 0.25) is 0 Å². The molecule has 0 bridgehead atoms. The van der Waals surface area contributed by atoms with E-state index < -0.39 is 11.0 Å². The van der Waals surface area contributed by atoms with Gasteiger partial charge in [-0.25, -0.2) is 9.55 Å². The number of rotatable bonds is 5. The molecule has 0 saturated heterocycles.